The minimum atomic E-state index is -1.10. The molecule has 8 heteroatoms. The van der Waals surface area contributed by atoms with Gasteiger partial charge >= 0.3 is 5.97 Å². The molecular formula is C29H27ClN2O4S. The summed E-state index contributed by atoms with van der Waals surface area (Å²) >= 11 is 7.38. The molecule has 190 valence electrons. The fraction of sp³-hybridized carbons (Fsp3) is 0.276. The van der Waals surface area contributed by atoms with E-state index in [1.165, 1.54) is 30.3 Å². The second kappa shape index (κ2) is 11.0. The molecule has 2 aromatic carbocycles. The number of carboxylic acid groups (broad SMARTS) is 1. The second-order valence-electron chi connectivity index (χ2n) is 9.16. The minimum Gasteiger partial charge on any atom is -0.478 e. The first kappa shape index (κ1) is 25.4. The van der Waals surface area contributed by atoms with Gasteiger partial charge in [-0.2, -0.15) is 0 Å². The summed E-state index contributed by atoms with van der Waals surface area (Å²) in [5.74, 6) is -0.150. The quantitative estimate of drug-likeness (QED) is 0.326. The predicted molar refractivity (Wildman–Crippen MR) is 148 cm³/mol. The highest BCUT2D eigenvalue weighted by Crippen LogP contribution is 2.39. The van der Waals surface area contributed by atoms with Gasteiger partial charge in [0.25, 0.3) is 5.91 Å². The van der Waals surface area contributed by atoms with Gasteiger partial charge in [0.2, 0.25) is 0 Å². The number of carboxylic acids is 1. The van der Waals surface area contributed by atoms with E-state index in [4.69, 9.17) is 21.0 Å². The van der Waals surface area contributed by atoms with Crippen LogP contribution >= 0.6 is 23.4 Å². The Bertz CT molecular complexity index is 1400. The molecule has 2 aliphatic rings. The smallest absolute Gasteiger partial charge is 0.337 e. The molecule has 3 aromatic rings. The number of furan rings is 1. The molecule has 0 spiro atoms. The Labute approximate surface area is 225 Å². The lowest BCUT2D eigenvalue weighted by Gasteiger charge is -2.30. The molecule has 1 aromatic heterocycles. The molecule has 1 aliphatic heterocycles. The van der Waals surface area contributed by atoms with Crippen molar-refractivity contribution in [1.82, 2.24) is 4.90 Å². The third-order valence-electron chi connectivity index (χ3n) is 6.75. The van der Waals surface area contributed by atoms with E-state index in [9.17, 15) is 14.7 Å². The maximum atomic E-state index is 13.6. The molecule has 37 heavy (non-hydrogen) atoms. The summed E-state index contributed by atoms with van der Waals surface area (Å²) < 4.78 is 5.99. The van der Waals surface area contributed by atoms with Crippen LogP contribution in [-0.4, -0.2) is 33.1 Å². The van der Waals surface area contributed by atoms with Gasteiger partial charge in [0.05, 0.1) is 21.2 Å². The first-order valence-electron chi connectivity index (χ1n) is 12.5. The molecular weight excluding hydrogens is 508 g/mol. The van der Waals surface area contributed by atoms with Gasteiger partial charge in [0.1, 0.15) is 11.5 Å². The topological polar surface area (TPSA) is 83.1 Å². The molecule has 0 radical (unpaired) electrons. The monoisotopic (exact) mass is 534 g/mol. The summed E-state index contributed by atoms with van der Waals surface area (Å²) in [5, 5.41) is 10.2. The van der Waals surface area contributed by atoms with Crippen LogP contribution in [0.3, 0.4) is 0 Å². The number of carbonyl (C=O) groups is 2. The lowest BCUT2D eigenvalue weighted by Crippen LogP contribution is -2.40. The second-order valence-corrected chi connectivity index (χ2v) is 10.6. The molecule has 0 atom stereocenters. The Balaban J connectivity index is 1.48. The number of aliphatic imine (C=N–C) groups is 1. The maximum absolute atomic E-state index is 13.6. The number of para-hydroxylation sites is 1. The summed E-state index contributed by atoms with van der Waals surface area (Å²) in [6.07, 6.45) is 7.97. The molecule has 1 saturated carbocycles. The Morgan fingerprint density at radius 2 is 1.95 bits per heavy atom. The Morgan fingerprint density at radius 1 is 1.16 bits per heavy atom. The van der Waals surface area contributed by atoms with Crippen LogP contribution in [0, 0.1) is 0 Å². The number of benzene rings is 2. The lowest BCUT2D eigenvalue weighted by molar-refractivity contribution is -0.124. The standard InChI is InChI=1S/C29H27ClN2O4S/c1-2-18-8-6-7-11-24(18)31-29-32(20-9-4-3-5-10-20)27(33)26(37-29)17-21-13-15-25(36-21)19-12-14-23(30)22(16-19)28(34)35/h6-8,11-17,20H,2-5,9-10H2,1H3,(H,34,35)/b26-17+,31-29?. The first-order valence-corrected chi connectivity index (χ1v) is 13.7. The zero-order valence-electron chi connectivity index (χ0n) is 20.4. The minimum absolute atomic E-state index is 0.00772. The molecule has 1 amide bonds. The van der Waals surface area contributed by atoms with E-state index >= 15 is 0 Å². The number of rotatable bonds is 6. The Morgan fingerprint density at radius 3 is 2.70 bits per heavy atom. The van der Waals surface area contributed by atoms with Crippen LogP contribution in [0.25, 0.3) is 17.4 Å². The van der Waals surface area contributed by atoms with Crippen molar-refractivity contribution in [2.75, 3.05) is 0 Å². The summed E-state index contributed by atoms with van der Waals surface area (Å²) in [6, 6.07) is 16.4. The number of carbonyl (C=O) groups excluding carboxylic acids is 1. The van der Waals surface area contributed by atoms with Gasteiger partial charge in [0, 0.05) is 17.7 Å². The van der Waals surface area contributed by atoms with E-state index in [0.717, 1.165) is 43.4 Å². The van der Waals surface area contributed by atoms with Crippen molar-refractivity contribution < 1.29 is 19.1 Å². The van der Waals surface area contributed by atoms with Gasteiger partial charge < -0.3 is 9.52 Å². The highest BCUT2D eigenvalue weighted by molar-refractivity contribution is 8.18. The van der Waals surface area contributed by atoms with Crippen LogP contribution in [0.15, 0.2) is 68.9 Å². The zero-order valence-corrected chi connectivity index (χ0v) is 22.0. The van der Waals surface area contributed by atoms with E-state index in [1.54, 1.807) is 24.3 Å². The number of nitrogens with zero attached hydrogens (tertiary/aromatic N) is 2. The van der Waals surface area contributed by atoms with Crippen LogP contribution < -0.4 is 0 Å². The van der Waals surface area contributed by atoms with E-state index in [0.29, 0.717) is 27.2 Å². The van der Waals surface area contributed by atoms with E-state index in [1.807, 2.05) is 23.1 Å². The zero-order chi connectivity index (χ0) is 25.9. The van der Waals surface area contributed by atoms with Crippen LogP contribution in [0.4, 0.5) is 5.69 Å². The van der Waals surface area contributed by atoms with Gasteiger partial charge in [-0.3, -0.25) is 9.69 Å². The van der Waals surface area contributed by atoms with E-state index < -0.39 is 5.97 Å². The molecule has 0 unspecified atom stereocenters. The van der Waals surface area contributed by atoms with Crippen molar-refractivity contribution in [1.29, 1.82) is 0 Å². The molecule has 1 saturated heterocycles. The average molecular weight is 535 g/mol. The highest BCUT2D eigenvalue weighted by Gasteiger charge is 2.39. The molecule has 2 heterocycles. The van der Waals surface area contributed by atoms with E-state index in [-0.39, 0.29) is 22.5 Å². The van der Waals surface area contributed by atoms with Crippen molar-refractivity contribution in [3.05, 3.63) is 81.4 Å². The number of halogens is 1. The summed E-state index contributed by atoms with van der Waals surface area (Å²) in [6.45, 7) is 2.10. The van der Waals surface area contributed by atoms with Gasteiger partial charge in [-0.25, -0.2) is 9.79 Å². The highest BCUT2D eigenvalue weighted by atomic mass is 35.5. The number of aryl methyl sites for hydroxylation is 1. The number of hydrogen-bond acceptors (Lipinski definition) is 5. The fourth-order valence-corrected chi connectivity index (χ4v) is 6.04. The Hall–Kier alpha value is -3.29. The van der Waals surface area contributed by atoms with Crippen molar-refractivity contribution >= 4 is 52.2 Å². The van der Waals surface area contributed by atoms with Crippen LogP contribution in [0.2, 0.25) is 5.02 Å². The van der Waals surface area contributed by atoms with Crippen LogP contribution in [0.1, 0.15) is 60.7 Å². The number of amidine groups is 1. The number of hydrogen-bond donors (Lipinski definition) is 1. The fourth-order valence-electron chi connectivity index (χ4n) is 4.81. The molecule has 1 aliphatic carbocycles. The number of aromatic carboxylic acids is 1. The van der Waals surface area contributed by atoms with Gasteiger partial charge in [-0.1, -0.05) is 56.0 Å². The maximum Gasteiger partial charge on any atom is 0.337 e. The SMILES string of the molecule is CCc1ccccc1N=C1S/C(=C/c2ccc(-c3ccc(Cl)c(C(=O)O)c3)o2)C(=O)N1C1CCCCC1. The number of thioether (sulfide) groups is 1. The van der Waals surface area contributed by atoms with Crippen molar-refractivity contribution in [3.63, 3.8) is 0 Å². The lowest BCUT2D eigenvalue weighted by atomic mass is 9.94. The normalized spacial score (nSPS) is 18.8. The van der Waals surface area contributed by atoms with Gasteiger partial charge in [0.15, 0.2) is 5.17 Å². The summed E-state index contributed by atoms with van der Waals surface area (Å²) in [4.78, 5) is 32.5. The first-order chi connectivity index (χ1) is 17.9. The van der Waals surface area contributed by atoms with Gasteiger partial charge in [-0.15, -0.1) is 0 Å². The third-order valence-corrected chi connectivity index (χ3v) is 8.06. The van der Waals surface area contributed by atoms with E-state index in [2.05, 4.69) is 13.0 Å². The van der Waals surface area contributed by atoms with Crippen molar-refractivity contribution in [2.45, 2.75) is 51.5 Å². The molecule has 1 N–H and O–H groups in total. The van der Waals surface area contributed by atoms with Crippen molar-refractivity contribution in [2.24, 2.45) is 4.99 Å². The third kappa shape index (κ3) is 5.38. The predicted octanol–water partition coefficient (Wildman–Crippen LogP) is 7.80. The van der Waals surface area contributed by atoms with Gasteiger partial charge in [-0.05, 0) is 73.0 Å². The summed E-state index contributed by atoms with van der Waals surface area (Å²) in [5.41, 5.74) is 2.63. The number of amides is 1. The average Bonchev–Trinajstić information content (AvgIpc) is 3.49. The molecule has 0 bridgehead atoms. The summed E-state index contributed by atoms with van der Waals surface area (Å²) in [7, 11) is 0. The molecule has 2 fully saturated rings. The van der Waals surface area contributed by atoms with Crippen molar-refractivity contribution in [3.8, 4) is 11.3 Å². The molecule has 6 nitrogen and oxygen atoms in total. The largest absolute Gasteiger partial charge is 0.478 e. The van der Waals surface area contributed by atoms with Crippen LogP contribution in [0.5, 0.6) is 0 Å². The molecule has 5 rings (SSSR count). The Kier molecular flexibility index (Phi) is 7.53. The van der Waals surface area contributed by atoms with Crippen LogP contribution in [-0.2, 0) is 11.2 Å².